The van der Waals surface area contributed by atoms with Gasteiger partial charge in [-0.25, -0.2) is 0 Å². The van der Waals surface area contributed by atoms with Gasteiger partial charge >= 0.3 is 6.18 Å². The largest absolute Gasteiger partial charge is 0.490 e. The summed E-state index contributed by atoms with van der Waals surface area (Å²) in [6, 6.07) is 20.2. The van der Waals surface area contributed by atoms with Gasteiger partial charge in [0.2, 0.25) is 0 Å². The van der Waals surface area contributed by atoms with Crippen molar-refractivity contribution in [3.63, 3.8) is 0 Å². The Balaban J connectivity index is 1.46. The predicted molar refractivity (Wildman–Crippen MR) is 119 cm³/mol. The molecule has 0 saturated heterocycles. The molecule has 0 aliphatic carbocycles. The molecule has 0 unspecified atom stereocenters. The van der Waals surface area contributed by atoms with Gasteiger partial charge in [0.15, 0.2) is 5.11 Å². The lowest BCUT2D eigenvalue weighted by Crippen LogP contribution is -2.34. The minimum Gasteiger partial charge on any atom is -0.490 e. The van der Waals surface area contributed by atoms with E-state index in [0.717, 1.165) is 17.9 Å². The number of nitrogens with one attached hydrogen (secondary N) is 2. The molecule has 0 fully saturated rings. The molecule has 3 aromatic rings. The summed E-state index contributed by atoms with van der Waals surface area (Å²) in [5.41, 5.74) is -0.390. The third-order valence-corrected chi connectivity index (χ3v) is 4.36. The third-order valence-electron chi connectivity index (χ3n) is 4.16. The summed E-state index contributed by atoms with van der Waals surface area (Å²) >= 11 is 5.02. The molecule has 0 saturated carbocycles. The van der Waals surface area contributed by atoms with Crippen molar-refractivity contribution in [2.75, 3.05) is 18.5 Å². The van der Waals surface area contributed by atoms with E-state index in [2.05, 4.69) is 10.6 Å². The van der Waals surface area contributed by atoms with E-state index in [4.69, 9.17) is 21.7 Å². The molecule has 0 spiro atoms. The molecule has 0 heterocycles. The van der Waals surface area contributed by atoms with E-state index in [0.29, 0.717) is 24.5 Å². The summed E-state index contributed by atoms with van der Waals surface area (Å²) in [4.78, 5) is 12.3. The third kappa shape index (κ3) is 6.98. The zero-order valence-electron chi connectivity index (χ0n) is 16.7. The van der Waals surface area contributed by atoms with Gasteiger partial charge in [0.05, 0.1) is 5.56 Å². The Morgan fingerprint density at radius 1 is 0.844 bits per heavy atom. The lowest BCUT2D eigenvalue weighted by Gasteiger charge is -2.12. The van der Waals surface area contributed by atoms with Crippen molar-refractivity contribution < 1.29 is 27.4 Å². The lowest BCUT2D eigenvalue weighted by atomic mass is 10.2. The van der Waals surface area contributed by atoms with Crippen LogP contribution in [0.15, 0.2) is 78.9 Å². The SMILES string of the molecule is O=C(NC(=S)Nc1cccc(C(F)(F)F)c1)c1ccc(OCCOc2ccccc2)cc1. The minimum absolute atomic E-state index is 0.117. The van der Waals surface area contributed by atoms with Crippen LogP contribution in [0, 0.1) is 0 Å². The van der Waals surface area contributed by atoms with E-state index >= 15 is 0 Å². The standard InChI is InChI=1S/C23H19F3N2O3S/c24-23(25,26)17-5-4-6-18(15-17)27-22(32)28-21(29)16-9-11-20(12-10-16)31-14-13-30-19-7-2-1-3-8-19/h1-12,15H,13-14H2,(H2,27,28,29,32). The molecule has 0 aliphatic heterocycles. The molecule has 32 heavy (non-hydrogen) atoms. The Hall–Kier alpha value is -3.59. The number of amides is 1. The average molecular weight is 460 g/mol. The van der Waals surface area contributed by atoms with Crippen LogP contribution in [0.25, 0.3) is 0 Å². The van der Waals surface area contributed by atoms with Crippen molar-refractivity contribution >= 4 is 28.9 Å². The molecule has 3 rings (SSSR count). The van der Waals surface area contributed by atoms with Crippen LogP contribution in [-0.4, -0.2) is 24.2 Å². The van der Waals surface area contributed by atoms with Gasteiger partial charge in [0.25, 0.3) is 5.91 Å². The van der Waals surface area contributed by atoms with Crippen molar-refractivity contribution in [3.05, 3.63) is 90.0 Å². The van der Waals surface area contributed by atoms with E-state index in [-0.39, 0.29) is 10.8 Å². The van der Waals surface area contributed by atoms with Crippen LogP contribution >= 0.6 is 12.2 Å². The van der Waals surface area contributed by atoms with E-state index in [9.17, 15) is 18.0 Å². The number of para-hydroxylation sites is 1. The monoisotopic (exact) mass is 460 g/mol. The van der Waals surface area contributed by atoms with Crippen LogP contribution in [0.5, 0.6) is 11.5 Å². The average Bonchev–Trinajstić information content (AvgIpc) is 2.77. The fraction of sp³-hybridized carbons (Fsp3) is 0.130. The Bertz CT molecular complexity index is 1060. The van der Waals surface area contributed by atoms with Crippen molar-refractivity contribution in [2.24, 2.45) is 0 Å². The number of hydrogen-bond donors (Lipinski definition) is 2. The Kier molecular flexibility index (Phi) is 7.67. The molecule has 0 radical (unpaired) electrons. The zero-order valence-corrected chi connectivity index (χ0v) is 17.5. The molecule has 0 aliphatic rings. The second kappa shape index (κ2) is 10.6. The second-order valence-electron chi connectivity index (χ2n) is 6.52. The van der Waals surface area contributed by atoms with Crippen LogP contribution in [0.3, 0.4) is 0 Å². The molecular formula is C23H19F3N2O3S. The van der Waals surface area contributed by atoms with Gasteiger partial charge in [-0.1, -0.05) is 24.3 Å². The maximum absolute atomic E-state index is 12.8. The molecule has 3 aromatic carbocycles. The van der Waals surface area contributed by atoms with Gasteiger partial charge in [0, 0.05) is 11.3 Å². The van der Waals surface area contributed by atoms with E-state index in [1.165, 1.54) is 12.1 Å². The summed E-state index contributed by atoms with van der Waals surface area (Å²) in [6.45, 7) is 0.688. The summed E-state index contributed by atoms with van der Waals surface area (Å²) < 4.78 is 49.5. The quantitative estimate of drug-likeness (QED) is 0.371. The van der Waals surface area contributed by atoms with Crippen molar-refractivity contribution in [3.8, 4) is 11.5 Å². The topological polar surface area (TPSA) is 59.6 Å². The Labute approximate surface area is 188 Å². The van der Waals surface area contributed by atoms with Crippen LogP contribution in [0.1, 0.15) is 15.9 Å². The first-order valence-electron chi connectivity index (χ1n) is 9.51. The first-order valence-corrected chi connectivity index (χ1v) is 9.92. The minimum atomic E-state index is -4.47. The lowest BCUT2D eigenvalue weighted by molar-refractivity contribution is -0.137. The number of alkyl halides is 3. The molecule has 0 atom stereocenters. The summed E-state index contributed by atoms with van der Waals surface area (Å²) in [5.74, 6) is 0.800. The summed E-state index contributed by atoms with van der Waals surface area (Å²) in [7, 11) is 0. The number of ether oxygens (including phenoxy) is 2. The fourth-order valence-corrected chi connectivity index (χ4v) is 2.86. The van der Waals surface area contributed by atoms with Gasteiger partial charge in [-0.3, -0.25) is 10.1 Å². The number of carbonyl (C=O) groups excluding carboxylic acids is 1. The van der Waals surface area contributed by atoms with Crippen LogP contribution in [0.4, 0.5) is 18.9 Å². The number of hydrogen-bond acceptors (Lipinski definition) is 4. The summed E-state index contributed by atoms with van der Waals surface area (Å²) in [5, 5.41) is 4.89. The van der Waals surface area contributed by atoms with Crippen molar-refractivity contribution in [1.82, 2.24) is 5.32 Å². The molecule has 1 amide bonds. The highest BCUT2D eigenvalue weighted by atomic mass is 32.1. The normalized spacial score (nSPS) is 10.8. The number of rotatable bonds is 7. The highest BCUT2D eigenvalue weighted by Crippen LogP contribution is 2.30. The number of benzene rings is 3. The highest BCUT2D eigenvalue weighted by molar-refractivity contribution is 7.80. The maximum atomic E-state index is 12.8. The van der Waals surface area contributed by atoms with Gasteiger partial charge in [-0.2, -0.15) is 13.2 Å². The molecule has 0 aromatic heterocycles. The number of carbonyl (C=O) groups is 1. The van der Waals surface area contributed by atoms with Gasteiger partial charge < -0.3 is 14.8 Å². The van der Waals surface area contributed by atoms with Crippen molar-refractivity contribution in [1.29, 1.82) is 0 Å². The van der Waals surface area contributed by atoms with E-state index < -0.39 is 17.6 Å². The van der Waals surface area contributed by atoms with Gasteiger partial charge in [-0.05, 0) is 66.8 Å². The Morgan fingerprint density at radius 2 is 1.47 bits per heavy atom. The zero-order chi connectivity index (χ0) is 23.0. The maximum Gasteiger partial charge on any atom is 0.416 e. The smallest absolute Gasteiger partial charge is 0.416 e. The van der Waals surface area contributed by atoms with Crippen LogP contribution in [-0.2, 0) is 6.18 Å². The van der Waals surface area contributed by atoms with Crippen molar-refractivity contribution in [2.45, 2.75) is 6.18 Å². The predicted octanol–water partition coefficient (Wildman–Crippen LogP) is 5.29. The summed E-state index contributed by atoms with van der Waals surface area (Å²) in [6.07, 6.45) is -4.47. The molecule has 0 bridgehead atoms. The molecule has 5 nitrogen and oxygen atoms in total. The van der Waals surface area contributed by atoms with E-state index in [1.807, 2.05) is 30.3 Å². The molecule has 166 valence electrons. The molecule has 9 heteroatoms. The molecular weight excluding hydrogens is 441 g/mol. The Morgan fingerprint density at radius 3 is 2.09 bits per heavy atom. The van der Waals surface area contributed by atoms with Gasteiger partial charge in [0.1, 0.15) is 24.7 Å². The van der Waals surface area contributed by atoms with Gasteiger partial charge in [-0.15, -0.1) is 0 Å². The first-order chi connectivity index (χ1) is 15.3. The number of thiocarbonyl (C=S) groups is 1. The fourth-order valence-electron chi connectivity index (χ4n) is 2.65. The number of halogens is 3. The second-order valence-corrected chi connectivity index (χ2v) is 6.93. The molecule has 2 N–H and O–H groups in total. The van der Waals surface area contributed by atoms with Crippen LogP contribution in [0.2, 0.25) is 0 Å². The first kappa shape index (κ1) is 23.1. The van der Waals surface area contributed by atoms with Crippen LogP contribution < -0.4 is 20.1 Å². The van der Waals surface area contributed by atoms with E-state index in [1.54, 1.807) is 24.3 Å². The number of anilines is 1. The highest BCUT2D eigenvalue weighted by Gasteiger charge is 2.30.